The fourth-order valence-electron chi connectivity index (χ4n) is 2.55. The number of carbonyl (C=O) groups is 2. The number of nitrogens with zero attached hydrogens (tertiary/aromatic N) is 2. The molecule has 0 bridgehead atoms. The van der Waals surface area contributed by atoms with Gasteiger partial charge in [0, 0.05) is 17.9 Å². The van der Waals surface area contributed by atoms with Crippen molar-refractivity contribution in [1.82, 2.24) is 9.55 Å². The van der Waals surface area contributed by atoms with Gasteiger partial charge in [-0.25, -0.2) is 9.78 Å². The second kappa shape index (κ2) is 9.60. The predicted molar refractivity (Wildman–Crippen MR) is 108 cm³/mol. The number of benzene rings is 1. The molecule has 27 heavy (non-hydrogen) atoms. The van der Waals surface area contributed by atoms with Crippen LogP contribution in [0.15, 0.2) is 29.4 Å². The quantitative estimate of drug-likeness (QED) is 0.544. The van der Waals surface area contributed by atoms with Crippen LogP contribution in [0.2, 0.25) is 0 Å². The first kappa shape index (κ1) is 21.0. The summed E-state index contributed by atoms with van der Waals surface area (Å²) in [6.07, 6.45) is 0. The van der Waals surface area contributed by atoms with Crippen molar-refractivity contribution in [3.8, 4) is 0 Å². The van der Waals surface area contributed by atoms with E-state index in [0.29, 0.717) is 23.8 Å². The van der Waals surface area contributed by atoms with E-state index in [9.17, 15) is 9.59 Å². The Morgan fingerprint density at radius 1 is 1.22 bits per heavy atom. The molecule has 6 nitrogen and oxygen atoms in total. The number of amides is 1. The summed E-state index contributed by atoms with van der Waals surface area (Å²) >= 11 is 1.43. The molecule has 0 radical (unpaired) electrons. The maximum absolute atomic E-state index is 12.3. The number of hydrogen-bond acceptors (Lipinski definition) is 5. The third-order valence-corrected chi connectivity index (χ3v) is 4.96. The van der Waals surface area contributed by atoms with Crippen molar-refractivity contribution in [3.63, 3.8) is 0 Å². The van der Waals surface area contributed by atoms with Gasteiger partial charge in [-0.2, -0.15) is 0 Å². The summed E-state index contributed by atoms with van der Waals surface area (Å²) in [4.78, 5) is 28.5. The highest BCUT2D eigenvalue weighted by Gasteiger charge is 2.14. The lowest BCUT2D eigenvalue weighted by Crippen LogP contribution is -2.15. The molecule has 2 rings (SSSR count). The topological polar surface area (TPSA) is 73.2 Å². The van der Waals surface area contributed by atoms with E-state index in [1.807, 2.05) is 6.92 Å². The molecule has 1 aromatic heterocycles. The highest BCUT2D eigenvalue weighted by molar-refractivity contribution is 7.99. The van der Waals surface area contributed by atoms with Crippen molar-refractivity contribution >= 4 is 29.3 Å². The Morgan fingerprint density at radius 3 is 2.48 bits per heavy atom. The van der Waals surface area contributed by atoms with E-state index in [1.54, 1.807) is 31.2 Å². The van der Waals surface area contributed by atoms with E-state index in [4.69, 9.17) is 4.74 Å². The Morgan fingerprint density at radius 2 is 1.89 bits per heavy atom. The summed E-state index contributed by atoms with van der Waals surface area (Å²) in [6, 6.07) is 6.68. The van der Waals surface area contributed by atoms with Crippen molar-refractivity contribution in [2.24, 2.45) is 5.92 Å². The second-order valence-electron chi connectivity index (χ2n) is 6.70. The third-order valence-electron chi connectivity index (χ3n) is 3.98. The highest BCUT2D eigenvalue weighted by Crippen LogP contribution is 2.23. The van der Waals surface area contributed by atoms with Crippen LogP contribution in [0.1, 0.15) is 42.5 Å². The SMILES string of the molecule is CCOC(=O)c1ccc(NC(=O)CSc2nc(C)c(C)n2CC(C)C)cc1. The van der Waals surface area contributed by atoms with Crippen molar-refractivity contribution in [3.05, 3.63) is 41.2 Å². The Hall–Kier alpha value is -2.28. The molecule has 7 heteroatoms. The van der Waals surface area contributed by atoms with Crippen LogP contribution in [-0.4, -0.2) is 33.8 Å². The van der Waals surface area contributed by atoms with Crippen LogP contribution in [-0.2, 0) is 16.1 Å². The zero-order chi connectivity index (χ0) is 20.0. The number of aryl methyl sites for hydroxylation is 1. The monoisotopic (exact) mass is 389 g/mol. The number of carbonyl (C=O) groups excluding carboxylic acids is 2. The minimum atomic E-state index is -0.367. The van der Waals surface area contributed by atoms with E-state index < -0.39 is 0 Å². The van der Waals surface area contributed by atoms with Gasteiger partial charge in [-0.3, -0.25) is 4.79 Å². The standard InChI is InChI=1S/C20H27N3O3S/c1-6-26-19(25)16-7-9-17(10-8-16)22-18(24)12-27-20-21-14(4)15(5)23(20)11-13(2)3/h7-10,13H,6,11-12H2,1-5H3,(H,22,24). The van der Waals surface area contributed by atoms with Gasteiger partial charge in [0.1, 0.15) is 0 Å². The van der Waals surface area contributed by atoms with Crippen LogP contribution in [0.3, 0.4) is 0 Å². The van der Waals surface area contributed by atoms with Crippen LogP contribution in [0.5, 0.6) is 0 Å². The number of aromatic nitrogens is 2. The molecule has 0 fully saturated rings. The van der Waals surface area contributed by atoms with Gasteiger partial charge < -0.3 is 14.6 Å². The fraction of sp³-hybridized carbons (Fsp3) is 0.450. The molecule has 0 spiro atoms. The molecule has 0 aliphatic heterocycles. The van der Waals surface area contributed by atoms with Crippen molar-refractivity contribution in [2.75, 3.05) is 17.7 Å². The van der Waals surface area contributed by atoms with E-state index in [2.05, 4.69) is 35.6 Å². The number of anilines is 1. The molecule has 0 aliphatic rings. The zero-order valence-corrected chi connectivity index (χ0v) is 17.4. The lowest BCUT2D eigenvalue weighted by Gasteiger charge is -2.12. The van der Waals surface area contributed by atoms with Gasteiger partial charge in [0.15, 0.2) is 5.16 Å². The summed E-state index contributed by atoms with van der Waals surface area (Å²) in [5.41, 5.74) is 3.24. The van der Waals surface area contributed by atoms with Gasteiger partial charge in [0.05, 0.1) is 23.6 Å². The number of ether oxygens (including phenoxy) is 1. The Labute approximate surface area is 164 Å². The van der Waals surface area contributed by atoms with Gasteiger partial charge in [-0.1, -0.05) is 25.6 Å². The molecule has 1 N–H and O–H groups in total. The van der Waals surface area contributed by atoms with Gasteiger partial charge in [0.2, 0.25) is 5.91 Å². The van der Waals surface area contributed by atoms with Crippen LogP contribution >= 0.6 is 11.8 Å². The minimum Gasteiger partial charge on any atom is -0.462 e. The van der Waals surface area contributed by atoms with Gasteiger partial charge in [-0.15, -0.1) is 0 Å². The summed E-state index contributed by atoms with van der Waals surface area (Å²) < 4.78 is 7.12. The number of thioether (sulfide) groups is 1. The maximum atomic E-state index is 12.3. The van der Waals surface area contributed by atoms with E-state index in [0.717, 1.165) is 23.1 Å². The van der Waals surface area contributed by atoms with Gasteiger partial charge >= 0.3 is 5.97 Å². The number of esters is 1. The van der Waals surface area contributed by atoms with Crippen molar-refractivity contribution in [1.29, 1.82) is 0 Å². The summed E-state index contributed by atoms with van der Waals surface area (Å²) in [5, 5.41) is 3.71. The van der Waals surface area contributed by atoms with E-state index in [-0.39, 0.29) is 17.6 Å². The molecule has 1 amide bonds. The largest absolute Gasteiger partial charge is 0.462 e. The zero-order valence-electron chi connectivity index (χ0n) is 16.5. The van der Waals surface area contributed by atoms with Gasteiger partial charge in [-0.05, 0) is 51.0 Å². The minimum absolute atomic E-state index is 0.113. The van der Waals surface area contributed by atoms with Crippen LogP contribution in [0.4, 0.5) is 5.69 Å². The average Bonchev–Trinajstić information content (AvgIpc) is 2.88. The lowest BCUT2D eigenvalue weighted by molar-refractivity contribution is -0.113. The first-order chi connectivity index (χ1) is 12.8. The smallest absolute Gasteiger partial charge is 0.338 e. The highest BCUT2D eigenvalue weighted by atomic mass is 32.2. The van der Waals surface area contributed by atoms with E-state index in [1.165, 1.54) is 11.8 Å². The second-order valence-corrected chi connectivity index (χ2v) is 7.65. The Kier molecular flexibility index (Phi) is 7.47. The molecule has 146 valence electrons. The molecule has 0 aliphatic carbocycles. The average molecular weight is 390 g/mol. The summed E-state index contributed by atoms with van der Waals surface area (Å²) in [5.74, 6) is 0.295. The first-order valence-corrected chi connectivity index (χ1v) is 10.0. The molecule has 2 aromatic rings. The number of nitrogens with one attached hydrogen (secondary N) is 1. The number of imidazole rings is 1. The van der Waals surface area contributed by atoms with Crippen molar-refractivity contribution in [2.45, 2.75) is 46.3 Å². The molecule has 1 aromatic carbocycles. The third kappa shape index (κ3) is 5.85. The molecule has 0 saturated heterocycles. The molecule has 0 saturated carbocycles. The normalized spacial score (nSPS) is 10.9. The van der Waals surface area contributed by atoms with E-state index >= 15 is 0 Å². The fourth-order valence-corrected chi connectivity index (χ4v) is 3.45. The Bertz CT molecular complexity index is 798. The number of rotatable bonds is 8. The summed E-state index contributed by atoms with van der Waals surface area (Å²) in [6.45, 7) is 11.3. The maximum Gasteiger partial charge on any atom is 0.338 e. The van der Waals surface area contributed by atoms with Crippen molar-refractivity contribution < 1.29 is 14.3 Å². The molecule has 0 unspecified atom stereocenters. The molecule has 1 heterocycles. The summed E-state index contributed by atoms with van der Waals surface area (Å²) in [7, 11) is 0. The molecular formula is C20H27N3O3S. The Balaban J connectivity index is 1.95. The number of hydrogen-bond donors (Lipinski definition) is 1. The first-order valence-electron chi connectivity index (χ1n) is 9.05. The van der Waals surface area contributed by atoms with Crippen LogP contribution < -0.4 is 5.32 Å². The predicted octanol–water partition coefficient (Wildman–Crippen LogP) is 4.06. The molecule has 0 atom stereocenters. The molecular weight excluding hydrogens is 362 g/mol. The lowest BCUT2D eigenvalue weighted by atomic mass is 10.2. The van der Waals surface area contributed by atoms with Crippen LogP contribution in [0, 0.1) is 19.8 Å². The van der Waals surface area contributed by atoms with Crippen LogP contribution in [0.25, 0.3) is 0 Å². The van der Waals surface area contributed by atoms with Gasteiger partial charge in [0.25, 0.3) is 0 Å².